The summed E-state index contributed by atoms with van der Waals surface area (Å²) in [7, 11) is 0. The molecule has 0 bridgehead atoms. The van der Waals surface area contributed by atoms with Gasteiger partial charge < -0.3 is 14.2 Å². The fourth-order valence-corrected chi connectivity index (χ4v) is 2.10. The highest BCUT2D eigenvalue weighted by Crippen LogP contribution is 2.42. The smallest absolute Gasteiger partial charge is 0.204 e. The van der Waals surface area contributed by atoms with Gasteiger partial charge in [-0.25, -0.2) is 0 Å². The molecule has 0 unspecified atom stereocenters. The molecule has 0 atom stereocenters. The van der Waals surface area contributed by atoms with Gasteiger partial charge in [0.2, 0.25) is 5.75 Å². The van der Waals surface area contributed by atoms with Crippen LogP contribution in [-0.2, 0) is 0 Å². The van der Waals surface area contributed by atoms with E-state index < -0.39 is 0 Å². The largest absolute Gasteiger partial charge is 0.487 e. The number of ether oxygens (including phenoxy) is 3. The molecule has 0 spiro atoms. The number of Topliss-reactive ketones (excluding diaryl/α,β-unsaturated/α-hetero) is 1. The number of benzene rings is 1. The second-order valence-corrected chi connectivity index (χ2v) is 6.79. The SMILES string of the molecule is CC(C)Oc1ccc(C(=O)C(C)C)c(OC(C)C)c1OC(C)C. The van der Waals surface area contributed by atoms with Crippen molar-refractivity contribution in [2.45, 2.75) is 73.7 Å². The maximum Gasteiger partial charge on any atom is 0.204 e. The lowest BCUT2D eigenvalue weighted by molar-refractivity contribution is 0.0930. The summed E-state index contributed by atoms with van der Waals surface area (Å²) >= 11 is 0. The van der Waals surface area contributed by atoms with Crippen LogP contribution in [0.2, 0.25) is 0 Å². The summed E-state index contributed by atoms with van der Waals surface area (Å²) in [6.45, 7) is 15.4. The Kier molecular flexibility index (Phi) is 6.92. The van der Waals surface area contributed by atoms with Gasteiger partial charge in [-0.1, -0.05) is 13.8 Å². The molecular weight excluding hydrogens is 292 g/mol. The zero-order valence-corrected chi connectivity index (χ0v) is 15.6. The third-order valence-electron chi connectivity index (χ3n) is 2.94. The van der Waals surface area contributed by atoms with Gasteiger partial charge in [-0.05, 0) is 53.7 Å². The summed E-state index contributed by atoms with van der Waals surface area (Å²) in [4.78, 5) is 12.5. The topological polar surface area (TPSA) is 44.8 Å². The Hall–Kier alpha value is -1.71. The Morgan fingerprint density at radius 1 is 0.739 bits per heavy atom. The first-order valence-electron chi connectivity index (χ1n) is 8.34. The van der Waals surface area contributed by atoms with Gasteiger partial charge in [-0.3, -0.25) is 4.79 Å². The van der Waals surface area contributed by atoms with Crippen molar-refractivity contribution in [1.29, 1.82) is 0 Å². The molecule has 0 amide bonds. The van der Waals surface area contributed by atoms with E-state index in [1.54, 1.807) is 12.1 Å². The van der Waals surface area contributed by atoms with E-state index in [1.165, 1.54) is 0 Å². The second-order valence-electron chi connectivity index (χ2n) is 6.79. The normalized spacial score (nSPS) is 11.5. The molecule has 0 aromatic heterocycles. The van der Waals surface area contributed by atoms with Gasteiger partial charge in [-0.2, -0.15) is 0 Å². The molecule has 0 N–H and O–H groups in total. The highest BCUT2D eigenvalue weighted by molar-refractivity contribution is 6.01. The highest BCUT2D eigenvalue weighted by Gasteiger charge is 2.25. The molecule has 0 aliphatic carbocycles. The van der Waals surface area contributed by atoms with Crippen LogP contribution < -0.4 is 14.2 Å². The first-order chi connectivity index (χ1) is 10.6. The predicted molar refractivity (Wildman–Crippen MR) is 92.9 cm³/mol. The minimum absolute atomic E-state index is 0.00284. The molecule has 0 saturated carbocycles. The van der Waals surface area contributed by atoms with Crippen molar-refractivity contribution in [3.05, 3.63) is 17.7 Å². The summed E-state index contributed by atoms with van der Waals surface area (Å²) in [5.41, 5.74) is 0.542. The van der Waals surface area contributed by atoms with Crippen molar-refractivity contribution in [1.82, 2.24) is 0 Å². The molecule has 4 nitrogen and oxygen atoms in total. The molecule has 0 radical (unpaired) electrons. The summed E-state index contributed by atoms with van der Waals surface area (Å²) < 4.78 is 17.7. The van der Waals surface area contributed by atoms with E-state index in [0.717, 1.165) is 0 Å². The van der Waals surface area contributed by atoms with Crippen LogP contribution in [0.15, 0.2) is 12.1 Å². The average molecular weight is 322 g/mol. The number of carbonyl (C=O) groups excluding carboxylic acids is 1. The van der Waals surface area contributed by atoms with Gasteiger partial charge in [0.05, 0.1) is 23.9 Å². The van der Waals surface area contributed by atoms with Gasteiger partial charge in [0.25, 0.3) is 0 Å². The van der Waals surface area contributed by atoms with Gasteiger partial charge in [0, 0.05) is 5.92 Å². The van der Waals surface area contributed by atoms with E-state index in [2.05, 4.69) is 0 Å². The molecule has 0 fully saturated rings. The molecular formula is C19H30O4. The molecule has 130 valence electrons. The van der Waals surface area contributed by atoms with Crippen molar-refractivity contribution < 1.29 is 19.0 Å². The fourth-order valence-electron chi connectivity index (χ4n) is 2.10. The van der Waals surface area contributed by atoms with Crippen molar-refractivity contribution >= 4 is 5.78 Å². The maximum atomic E-state index is 12.5. The lowest BCUT2D eigenvalue weighted by atomic mass is 9.99. The summed E-state index contributed by atoms with van der Waals surface area (Å²) in [6.07, 6.45) is -0.121. The second kappa shape index (κ2) is 8.23. The predicted octanol–water partition coefficient (Wildman–Crippen LogP) is 4.89. The van der Waals surface area contributed by atoms with Crippen LogP contribution in [0.3, 0.4) is 0 Å². The van der Waals surface area contributed by atoms with Gasteiger partial charge >= 0.3 is 0 Å². The van der Waals surface area contributed by atoms with Crippen LogP contribution in [0.5, 0.6) is 17.2 Å². The van der Waals surface area contributed by atoms with Crippen molar-refractivity contribution in [3.63, 3.8) is 0 Å². The van der Waals surface area contributed by atoms with E-state index >= 15 is 0 Å². The molecule has 0 aliphatic rings. The van der Waals surface area contributed by atoms with Gasteiger partial charge in [0.1, 0.15) is 0 Å². The minimum Gasteiger partial charge on any atom is -0.487 e. The quantitative estimate of drug-likeness (QED) is 0.639. The Balaban J connectivity index is 3.51. The summed E-state index contributed by atoms with van der Waals surface area (Å²) in [5, 5.41) is 0. The molecule has 0 saturated heterocycles. The van der Waals surface area contributed by atoms with Crippen LogP contribution in [-0.4, -0.2) is 24.1 Å². The molecule has 23 heavy (non-hydrogen) atoms. The van der Waals surface area contributed by atoms with Crippen LogP contribution in [0.4, 0.5) is 0 Å². The summed E-state index contributed by atoms with van der Waals surface area (Å²) in [5.74, 6) is 1.50. The molecule has 1 aromatic carbocycles. The molecule has 1 rings (SSSR count). The molecule has 0 heterocycles. The lowest BCUT2D eigenvalue weighted by Crippen LogP contribution is -2.17. The van der Waals surface area contributed by atoms with Crippen molar-refractivity contribution in [3.8, 4) is 17.2 Å². The number of hydrogen-bond acceptors (Lipinski definition) is 4. The van der Waals surface area contributed by atoms with Crippen LogP contribution in [0.1, 0.15) is 65.7 Å². The molecule has 4 heteroatoms. The zero-order chi connectivity index (χ0) is 17.7. The fraction of sp³-hybridized carbons (Fsp3) is 0.632. The first kappa shape index (κ1) is 19.3. The first-order valence-corrected chi connectivity index (χ1v) is 8.34. The monoisotopic (exact) mass is 322 g/mol. The minimum atomic E-state index is -0.117. The Labute approximate surface area is 140 Å². The van der Waals surface area contributed by atoms with E-state index in [-0.39, 0.29) is 30.0 Å². The van der Waals surface area contributed by atoms with Gasteiger partial charge in [-0.15, -0.1) is 0 Å². The third-order valence-corrected chi connectivity index (χ3v) is 2.94. The van der Waals surface area contributed by atoms with E-state index in [4.69, 9.17) is 14.2 Å². The Morgan fingerprint density at radius 2 is 1.22 bits per heavy atom. The Bertz CT molecular complexity index is 530. The van der Waals surface area contributed by atoms with Crippen molar-refractivity contribution in [2.75, 3.05) is 0 Å². The van der Waals surface area contributed by atoms with E-state index in [1.807, 2.05) is 55.4 Å². The van der Waals surface area contributed by atoms with Gasteiger partial charge in [0.15, 0.2) is 17.3 Å². The third kappa shape index (κ3) is 5.45. The van der Waals surface area contributed by atoms with E-state index in [9.17, 15) is 4.79 Å². The summed E-state index contributed by atoms with van der Waals surface area (Å²) in [6, 6.07) is 3.56. The number of hydrogen-bond donors (Lipinski definition) is 0. The number of rotatable bonds is 8. The average Bonchev–Trinajstić information content (AvgIpc) is 2.40. The number of carbonyl (C=O) groups is 1. The molecule has 0 aliphatic heterocycles. The van der Waals surface area contributed by atoms with Crippen LogP contribution >= 0.6 is 0 Å². The van der Waals surface area contributed by atoms with Crippen molar-refractivity contribution in [2.24, 2.45) is 5.92 Å². The highest BCUT2D eigenvalue weighted by atomic mass is 16.6. The van der Waals surface area contributed by atoms with Crippen LogP contribution in [0, 0.1) is 5.92 Å². The number of ketones is 1. The zero-order valence-electron chi connectivity index (χ0n) is 15.6. The molecule has 1 aromatic rings. The standard InChI is InChI=1S/C19H30O4/c1-11(2)17(20)15-9-10-16(21-12(3)4)19(23-14(7)8)18(15)22-13(5)6/h9-14H,1-8H3. The van der Waals surface area contributed by atoms with Crippen LogP contribution in [0.25, 0.3) is 0 Å². The lowest BCUT2D eigenvalue weighted by Gasteiger charge is -2.23. The van der Waals surface area contributed by atoms with E-state index in [0.29, 0.717) is 22.8 Å². The maximum absolute atomic E-state index is 12.5. The Morgan fingerprint density at radius 3 is 1.65 bits per heavy atom.